The summed E-state index contributed by atoms with van der Waals surface area (Å²) in [5, 5.41) is 0. The van der Waals surface area contributed by atoms with Gasteiger partial charge in [0.15, 0.2) is 0 Å². The molecule has 0 fully saturated rings. The molecular formula is C23H30N2S. The van der Waals surface area contributed by atoms with Gasteiger partial charge in [0.25, 0.3) is 0 Å². The summed E-state index contributed by atoms with van der Waals surface area (Å²) in [6.07, 6.45) is 9.33. The quantitative estimate of drug-likeness (QED) is 0.453. The smallest absolute Gasteiger partial charge is 0.0448 e. The highest BCUT2D eigenvalue weighted by Gasteiger charge is 2.04. The van der Waals surface area contributed by atoms with E-state index in [4.69, 9.17) is 0 Å². The molecule has 0 unspecified atom stereocenters. The van der Waals surface area contributed by atoms with Crippen molar-refractivity contribution in [2.24, 2.45) is 0 Å². The van der Waals surface area contributed by atoms with Crippen molar-refractivity contribution in [3.63, 3.8) is 0 Å². The van der Waals surface area contributed by atoms with Crippen LogP contribution in [0.15, 0.2) is 47.5 Å². The summed E-state index contributed by atoms with van der Waals surface area (Å²) in [4.78, 5) is 5.59. The van der Waals surface area contributed by atoms with Crippen LogP contribution in [0.25, 0.3) is 6.08 Å². The molecule has 2 aromatic rings. The molecule has 0 bridgehead atoms. The molecule has 0 aliphatic carbocycles. The zero-order valence-corrected chi connectivity index (χ0v) is 16.1. The lowest BCUT2D eigenvalue weighted by Gasteiger charge is -2.09. The lowest BCUT2D eigenvalue weighted by molar-refractivity contribution is 0.956. The predicted molar refractivity (Wildman–Crippen MR) is 116 cm³/mol. The molecule has 0 saturated carbocycles. The van der Waals surface area contributed by atoms with E-state index < -0.39 is 0 Å². The highest BCUT2D eigenvalue weighted by Crippen LogP contribution is 2.19. The molecule has 2 nitrogen and oxygen atoms in total. The number of benzene rings is 1. The first-order chi connectivity index (χ1) is 12.2. The molecule has 0 spiro atoms. The number of hydrogen-bond acceptors (Lipinski definition) is 3. The summed E-state index contributed by atoms with van der Waals surface area (Å²) >= 11 is 1.65. The Balaban J connectivity index is 0.00000338. The monoisotopic (exact) mass is 366 g/mol. The third kappa shape index (κ3) is 7.07. The van der Waals surface area contributed by atoms with Crippen LogP contribution >= 0.6 is 11.9 Å². The molecule has 26 heavy (non-hydrogen) atoms. The van der Waals surface area contributed by atoms with Crippen LogP contribution in [0.3, 0.4) is 0 Å². The van der Waals surface area contributed by atoms with Crippen LogP contribution in [0.5, 0.6) is 0 Å². The summed E-state index contributed by atoms with van der Waals surface area (Å²) in [5.41, 5.74) is 4.64. The Morgan fingerprint density at radius 2 is 1.92 bits per heavy atom. The second-order valence-corrected chi connectivity index (χ2v) is 6.74. The largest absolute Gasteiger partial charge is 0.261 e. The van der Waals surface area contributed by atoms with E-state index in [0.717, 1.165) is 37.1 Å². The van der Waals surface area contributed by atoms with Crippen LogP contribution in [0, 0.1) is 18.8 Å². The molecule has 0 aliphatic heterocycles. The Labute approximate surface area is 163 Å². The molecule has 0 aliphatic rings. The van der Waals surface area contributed by atoms with E-state index in [9.17, 15) is 0 Å². The number of hydrogen-bond donors (Lipinski definition) is 1. The molecule has 0 amide bonds. The third-order valence-electron chi connectivity index (χ3n) is 3.71. The average Bonchev–Trinajstić information content (AvgIpc) is 2.63. The Morgan fingerprint density at radius 1 is 1.15 bits per heavy atom. The van der Waals surface area contributed by atoms with Crippen LogP contribution in [0.1, 0.15) is 62.9 Å². The molecule has 2 rings (SSSR count). The van der Waals surface area contributed by atoms with Gasteiger partial charge in [0.1, 0.15) is 0 Å². The molecule has 138 valence electrons. The van der Waals surface area contributed by atoms with Gasteiger partial charge in [-0.3, -0.25) is 9.71 Å². The van der Waals surface area contributed by atoms with Crippen molar-refractivity contribution in [3.05, 3.63) is 65.0 Å². The Hall–Kier alpha value is -2.02. The highest BCUT2D eigenvalue weighted by atomic mass is 32.2. The number of aromatic nitrogens is 1. The van der Waals surface area contributed by atoms with Gasteiger partial charge < -0.3 is 0 Å². The van der Waals surface area contributed by atoms with Gasteiger partial charge in [-0.25, -0.2) is 0 Å². The van der Waals surface area contributed by atoms with E-state index in [-0.39, 0.29) is 7.43 Å². The number of nitrogens with one attached hydrogen (secondary N) is 1. The lowest BCUT2D eigenvalue weighted by atomic mass is 10.1. The van der Waals surface area contributed by atoms with Gasteiger partial charge in [-0.2, -0.15) is 0 Å². The summed E-state index contributed by atoms with van der Waals surface area (Å²) in [7, 11) is 0. The molecule has 0 saturated heterocycles. The van der Waals surface area contributed by atoms with E-state index >= 15 is 0 Å². The average molecular weight is 367 g/mol. The number of nitrogens with zero attached hydrogens (tertiary/aromatic N) is 1. The molecular weight excluding hydrogens is 336 g/mol. The maximum Gasteiger partial charge on any atom is 0.0448 e. The van der Waals surface area contributed by atoms with Crippen molar-refractivity contribution in [3.8, 4) is 11.8 Å². The summed E-state index contributed by atoms with van der Waals surface area (Å²) in [6, 6.07) is 10.5. The van der Waals surface area contributed by atoms with Crippen LogP contribution < -0.4 is 4.72 Å². The van der Waals surface area contributed by atoms with Crippen molar-refractivity contribution in [1.82, 2.24) is 9.71 Å². The number of allylic oxidation sites excluding steroid dienone is 1. The zero-order chi connectivity index (χ0) is 17.9. The van der Waals surface area contributed by atoms with E-state index in [0.29, 0.717) is 0 Å². The zero-order valence-electron chi connectivity index (χ0n) is 15.3. The summed E-state index contributed by atoms with van der Waals surface area (Å²) in [6.45, 7) is 7.15. The molecule has 0 radical (unpaired) electrons. The SMILES string of the molecule is C.CC/C=C\c1c(CNSc2ccc(C#CCCC)cc2)ccnc1C. The maximum absolute atomic E-state index is 4.40. The highest BCUT2D eigenvalue weighted by molar-refractivity contribution is 7.97. The van der Waals surface area contributed by atoms with Crippen LogP contribution in [0.2, 0.25) is 0 Å². The van der Waals surface area contributed by atoms with Crippen LogP contribution in [-0.2, 0) is 6.54 Å². The minimum Gasteiger partial charge on any atom is -0.261 e. The predicted octanol–water partition coefficient (Wildman–Crippen LogP) is 6.40. The van der Waals surface area contributed by atoms with Gasteiger partial charge >= 0.3 is 0 Å². The van der Waals surface area contributed by atoms with Crippen molar-refractivity contribution in [2.45, 2.75) is 58.9 Å². The van der Waals surface area contributed by atoms with Crippen molar-refractivity contribution in [2.75, 3.05) is 0 Å². The molecule has 1 N–H and O–H groups in total. The fourth-order valence-corrected chi connectivity index (χ4v) is 3.01. The van der Waals surface area contributed by atoms with Gasteiger partial charge in [-0.1, -0.05) is 45.3 Å². The first-order valence-electron chi connectivity index (χ1n) is 8.84. The number of aryl methyl sites for hydroxylation is 1. The molecule has 1 aromatic carbocycles. The van der Waals surface area contributed by atoms with Crippen LogP contribution in [0.4, 0.5) is 0 Å². The van der Waals surface area contributed by atoms with Gasteiger partial charge in [0.05, 0.1) is 0 Å². The Morgan fingerprint density at radius 3 is 2.62 bits per heavy atom. The second kappa shape index (κ2) is 12.4. The normalized spacial score (nSPS) is 10.3. The molecule has 3 heteroatoms. The third-order valence-corrected chi connectivity index (χ3v) is 4.51. The topological polar surface area (TPSA) is 24.9 Å². The first-order valence-corrected chi connectivity index (χ1v) is 9.66. The number of rotatable bonds is 7. The van der Waals surface area contributed by atoms with Gasteiger partial charge in [-0.05, 0) is 73.2 Å². The van der Waals surface area contributed by atoms with Crippen molar-refractivity contribution >= 4 is 18.0 Å². The van der Waals surface area contributed by atoms with E-state index in [2.05, 4.69) is 84.8 Å². The van der Waals surface area contributed by atoms with E-state index in [1.54, 1.807) is 11.9 Å². The van der Waals surface area contributed by atoms with Gasteiger partial charge in [0.2, 0.25) is 0 Å². The van der Waals surface area contributed by atoms with Gasteiger partial charge in [0, 0.05) is 35.3 Å². The first kappa shape index (κ1) is 22.0. The van der Waals surface area contributed by atoms with E-state index in [1.807, 2.05) is 6.20 Å². The molecule has 1 heterocycles. The molecule has 0 atom stereocenters. The minimum absolute atomic E-state index is 0. The van der Waals surface area contributed by atoms with Crippen molar-refractivity contribution in [1.29, 1.82) is 0 Å². The maximum atomic E-state index is 4.40. The number of pyridine rings is 1. The Kier molecular flexibility index (Phi) is 10.5. The van der Waals surface area contributed by atoms with Crippen molar-refractivity contribution < 1.29 is 0 Å². The Bertz CT molecular complexity index is 752. The van der Waals surface area contributed by atoms with Gasteiger partial charge in [-0.15, -0.1) is 0 Å². The van der Waals surface area contributed by atoms with Crippen LogP contribution in [-0.4, -0.2) is 4.98 Å². The molecule has 1 aromatic heterocycles. The lowest BCUT2D eigenvalue weighted by Crippen LogP contribution is -2.06. The fraction of sp³-hybridized carbons (Fsp3) is 0.348. The summed E-state index contributed by atoms with van der Waals surface area (Å²) < 4.78 is 3.45. The second-order valence-electron chi connectivity index (χ2n) is 5.78. The minimum atomic E-state index is 0. The number of unbranched alkanes of at least 4 members (excludes halogenated alkanes) is 1. The summed E-state index contributed by atoms with van der Waals surface area (Å²) in [5.74, 6) is 6.37. The van der Waals surface area contributed by atoms with E-state index in [1.165, 1.54) is 16.0 Å². The fourth-order valence-electron chi connectivity index (χ4n) is 2.34. The standard InChI is InChI=1S/C22H26N2S.CH4/c1-4-6-8-9-19-11-13-21(14-12-19)25-24-17-20-15-16-23-18(3)22(20)10-7-5-2;/h7,10-16,24H,4-6,17H2,1-3H3;1H4/b10-7-;.